The molecule has 0 aliphatic carbocycles. The summed E-state index contributed by atoms with van der Waals surface area (Å²) >= 11 is 0. The van der Waals surface area contributed by atoms with Crippen molar-refractivity contribution in [1.29, 1.82) is 0 Å². The third-order valence-corrected chi connectivity index (χ3v) is 4.68. The summed E-state index contributed by atoms with van der Waals surface area (Å²) in [4.78, 5) is 14.7. The number of anilines is 2. The van der Waals surface area contributed by atoms with Crippen LogP contribution in [0.25, 0.3) is 0 Å². The lowest BCUT2D eigenvalue weighted by Crippen LogP contribution is -2.19. The SMILES string of the molecule is Cc1ccc(C(=O)Nc2ccc(N3CCC(C)C3)cc2)cc1C. The molecular weight excluding hydrogens is 284 g/mol. The van der Waals surface area contributed by atoms with Crippen molar-refractivity contribution < 1.29 is 4.79 Å². The highest BCUT2D eigenvalue weighted by Crippen LogP contribution is 2.25. The van der Waals surface area contributed by atoms with E-state index in [1.54, 1.807) is 0 Å². The third kappa shape index (κ3) is 3.55. The zero-order chi connectivity index (χ0) is 16.4. The van der Waals surface area contributed by atoms with Crippen LogP contribution in [0.2, 0.25) is 0 Å². The third-order valence-electron chi connectivity index (χ3n) is 4.68. The van der Waals surface area contributed by atoms with Gasteiger partial charge in [0.1, 0.15) is 0 Å². The van der Waals surface area contributed by atoms with Gasteiger partial charge in [0.2, 0.25) is 0 Å². The predicted molar refractivity (Wildman–Crippen MR) is 96.3 cm³/mol. The van der Waals surface area contributed by atoms with Gasteiger partial charge in [-0.25, -0.2) is 0 Å². The van der Waals surface area contributed by atoms with Crippen molar-refractivity contribution >= 4 is 17.3 Å². The van der Waals surface area contributed by atoms with Crippen LogP contribution in [0.15, 0.2) is 42.5 Å². The summed E-state index contributed by atoms with van der Waals surface area (Å²) in [6, 6.07) is 13.9. The largest absolute Gasteiger partial charge is 0.371 e. The monoisotopic (exact) mass is 308 g/mol. The molecule has 1 saturated heterocycles. The Morgan fingerprint density at radius 2 is 1.83 bits per heavy atom. The van der Waals surface area contributed by atoms with Crippen molar-refractivity contribution in [3.63, 3.8) is 0 Å². The van der Waals surface area contributed by atoms with Crippen LogP contribution in [0, 0.1) is 19.8 Å². The molecule has 3 nitrogen and oxygen atoms in total. The van der Waals surface area contributed by atoms with E-state index in [9.17, 15) is 4.79 Å². The number of hydrogen-bond donors (Lipinski definition) is 1. The van der Waals surface area contributed by atoms with E-state index < -0.39 is 0 Å². The van der Waals surface area contributed by atoms with Crippen LogP contribution in [0.4, 0.5) is 11.4 Å². The number of amides is 1. The molecule has 0 aromatic heterocycles. The maximum absolute atomic E-state index is 12.3. The Balaban J connectivity index is 1.68. The van der Waals surface area contributed by atoms with Crippen LogP contribution in [0.5, 0.6) is 0 Å². The standard InChI is InChI=1S/C20H24N2O/c1-14-10-11-22(13-14)19-8-6-18(7-9-19)21-20(23)17-5-4-15(2)16(3)12-17/h4-9,12,14H,10-11,13H2,1-3H3,(H,21,23). The van der Waals surface area contributed by atoms with Crippen molar-refractivity contribution in [3.8, 4) is 0 Å². The number of aryl methyl sites for hydroxylation is 2. The number of nitrogens with zero attached hydrogens (tertiary/aromatic N) is 1. The smallest absolute Gasteiger partial charge is 0.255 e. The van der Waals surface area contributed by atoms with E-state index in [0.29, 0.717) is 5.56 Å². The highest BCUT2D eigenvalue weighted by atomic mass is 16.1. The first-order chi connectivity index (χ1) is 11.0. The predicted octanol–water partition coefficient (Wildman–Crippen LogP) is 4.40. The fourth-order valence-electron chi connectivity index (χ4n) is 3.01. The molecule has 0 saturated carbocycles. The van der Waals surface area contributed by atoms with E-state index in [1.165, 1.54) is 17.7 Å². The van der Waals surface area contributed by atoms with Crippen molar-refractivity contribution in [2.75, 3.05) is 23.3 Å². The van der Waals surface area contributed by atoms with Gasteiger partial charge in [-0.05, 0) is 73.7 Å². The highest BCUT2D eigenvalue weighted by Gasteiger charge is 2.18. The van der Waals surface area contributed by atoms with Crippen molar-refractivity contribution in [2.45, 2.75) is 27.2 Å². The molecule has 3 rings (SSSR count). The van der Waals surface area contributed by atoms with E-state index in [4.69, 9.17) is 0 Å². The molecule has 1 aliphatic heterocycles. The summed E-state index contributed by atoms with van der Waals surface area (Å²) in [5.74, 6) is 0.704. The number of benzene rings is 2. The van der Waals surface area contributed by atoms with Gasteiger partial charge < -0.3 is 10.2 Å². The lowest BCUT2D eigenvalue weighted by atomic mass is 10.1. The molecule has 1 aliphatic rings. The molecule has 0 spiro atoms. The Kier molecular flexibility index (Phi) is 4.37. The summed E-state index contributed by atoms with van der Waals surface area (Å²) in [5, 5.41) is 2.97. The first-order valence-corrected chi connectivity index (χ1v) is 8.26. The molecule has 1 amide bonds. The second-order valence-electron chi connectivity index (χ2n) is 6.64. The molecule has 1 N–H and O–H groups in total. The minimum atomic E-state index is -0.0596. The van der Waals surface area contributed by atoms with Crippen molar-refractivity contribution in [2.24, 2.45) is 5.92 Å². The van der Waals surface area contributed by atoms with Gasteiger partial charge in [-0.3, -0.25) is 4.79 Å². The van der Waals surface area contributed by atoms with Crippen LogP contribution in [0.1, 0.15) is 34.8 Å². The normalized spacial score (nSPS) is 17.3. The topological polar surface area (TPSA) is 32.3 Å². The van der Waals surface area contributed by atoms with Gasteiger partial charge in [-0.2, -0.15) is 0 Å². The molecular formula is C20H24N2O. The molecule has 120 valence electrons. The second kappa shape index (κ2) is 6.45. The Hall–Kier alpha value is -2.29. The minimum Gasteiger partial charge on any atom is -0.371 e. The van der Waals surface area contributed by atoms with E-state index in [2.05, 4.69) is 36.2 Å². The molecule has 3 heteroatoms. The Labute approximate surface area is 138 Å². The summed E-state index contributed by atoms with van der Waals surface area (Å²) in [7, 11) is 0. The van der Waals surface area contributed by atoms with Gasteiger partial charge in [0.15, 0.2) is 0 Å². The fraction of sp³-hybridized carbons (Fsp3) is 0.350. The molecule has 2 aromatic carbocycles. The van der Waals surface area contributed by atoms with Crippen LogP contribution < -0.4 is 10.2 Å². The van der Waals surface area contributed by atoms with E-state index >= 15 is 0 Å². The molecule has 0 bridgehead atoms. The molecule has 2 aromatic rings. The minimum absolute atomic E-state index is 0.0596. The number of hydrogen-bond acceptors (Lipinski definition) is 2. The van der Waals surface area contributed by atoms with E-state index in [0.717, 1.165) is 30.3 Å². The summed E-state index contributed by atoms with van der Waals surface area (Å²) in [6.45, 7) is 8.61. The van der Waals surface area contributed by atoms with Gasteiger partial charge in [0.25, 0.3) is 5.91 Å². The molecule has 1 unspecified atom stereocenters. The van der Waals surface area contributed by atoms with Crippen LogP contribution >= 0.6 is 0 Å². The average molecular weight is 308 g/mol. The lowest BCUT2D eigenvalue weighted by molar-refractivity contribution is 0.102. The van der Waals surface area contributed by atoms with Crippen LogP contribution in [-0.2, 0) is 0 Å². The van der Waals surface area contributed by atoms with Gasteiger partial charge in [-0.15, -0.1) is 0 Å². The lowest BCUT2D eigenvalue weighted by Gasteiger charge is -2.18. The maximum Gasteiger partial charge on any atom is 0.255 e. The zero-order valence-corrected chi connectivity index (χ0v) is 14.1. The van der Waals surface area contributed by atoms with E-state index in [1.807, 2.05) is 37.3 Å². The van der Waals surface area contributed by atoms with Crippen molar-refractivity contribution in [3.05, 3.63) is 59.2 Å². The summed E-state index contributed by atoms with van der Waals surface area (Å²) in [5.41, 5.74) is 5.11. The number of carbonyl (C=O) groups excluding carboxylic acids is 1. The molecule has 1 heterocycles. The molecule has 0 radical (unpaired) electrons. The molecule has 1 fully saturated rings. The fourth-order valence-corrected chi connectivity index (χ4v) is 3.01. The van der Waals surface area contributed by atoms with Crippen molar-refractivity contribution in [1.82, 2.24) is 0 Å². The number of carbonyl (C=O) groups is 1. The maximum atomic E-state index is 12.3. The average Bonchev–Trinajstić information content (AvgIpc) is 2.97. The quantitative estimate of drug-likeness (QED) is 0.911. The Bertz CT molecular complexity index is 706. The van der Waals surface area contributed by atoms with E-state index in [-0.39, 0.29) is 5.91 Å². The van der Waals surface area contributed by atoms with Gasteiger partial charge in [-0.1, -0.05) is 13.0 Å². The zero-order valence-electron chi connectivity index (χ0n) is 14.1. The van der Waals surface area contributed by atoms with Gasteiger partial charge in [0, 0.05) is 30.0 Å². The number of rotatable bonds is 3. The molecule has 23 heavy (non-hydrogen) atoms. The van der Waals surface area contributed by atoms with Gasteiger partial charge in [0.05, 0.1) is 0 Å². The first kappa shape index (κ1) is 15.6. The molecule has 1 atom stereocenters. The Morgan fingerprint density at radius 1 is 1.09 bits per heavy atom. The van der Waals surface area contributed by atoms with Crippen LogP contribution in [-0.4, -0.2) is 19.0 Å². The number of nitrogens with one attached hydrogen (secondary N) is 1. The summed E-state index contributed by atoms with van der Waals surface area (Å²) in [6.07, 6.45) is 1.26. The Morgan fingerprint density at radius 3 is 2.43 bits per heavy atom. The summed E-state index contributed by atoms with van der Waals surface area (Å²) < 4.78 is 0. The van der Waals surface area contributed by atoms with Gasteiger partial charge >= 0.3 is 0 Å². The highest BCUT2D eigenvalue weighted by molar-refractivity contribution is 6.04. The second-order valence-corrected chi connectivity index (χ2v) is 6.64. The first-order valence-electron chi connectivity index (χ1n) is 8.26. The van der Waals surface area contributed by atoms with Crippen LogP contribution in [0.3, 0.4) is 0 Å².